The SMILES string of the molecule is COC(=O)CC(Cl)CCO. The molecule has 4 heteroatoms. The highest BCUT2D eigenvalue weighted by molar-refractivity contribution is 6.21. The molecule has 1 unspecified atom stereocenters. The van der Waals surface area contributed by atoms with Gasteiger partial charge >= 0.3 is 5.97 Å². The molecule has 0 aliphatic carbocycles. The number of aliphatic hydroxyl groups is 1. The van der Waals surface area contributed by atoms with Crippen molar-refractivity contribution in [3.8, 4) is 0 Å². The van der Waals surface area contributed by atoms with E-state index in [9.17, 15) is 4.79 Å². The Morgan fingerprint density at radius 2 is 2.40 bits per heavy atom. The molecule has 0 bridgehead atoms. The Hall–Kier alpha value is -0.280. The molecule has 0 fully saturated rings. The first-order valence-electron chi connectivity index (χ1n) is 3.02. The van der Waals surface area contributed by atoms with Crippen LogP contribution in [0, 0.1) is 0 Å². The molecule has 0 spiro atoms. The summed E-state index contributed by atoms with van der Waals surface area (Å²) in [6.45, 7) is 0.00512. The van der Waals surface area contributed by atoms with E-state index in [2.05, 4.69) is 4.74 Å². The van der Waals surface area contributed by atoms with E-state index in [-0.39, 0.29) is 24.4 Å². The van der Waals surface area contributed by atoms with Crippen LogP contribution in [0.3, 0.4) is 0 Å². The van der Waals surface area contributed by atoms with Crippen molar-refractivity contribution in [3.05, 3.63) is 0 Å². The topological polar surface area (TPSA) is 46.5 Å². The molecule has 0 aromatic carbocycles. The summed E-state index contributed by atoms with van der Waals surface area (Å²) in [6, 6.07) is 0. The van der Waals surface area contributed by atoms with Crippen LogP contribution in [0.5, 0.6) is 0 Å². The third-order valence-corrected chi connectivity index (χ3v) is 1.43. The van der Waals surface area contributed by atoms with Crippen LogP contribution in [0.25, 0.3) is 0 Å². The van der Waals surface area contributed by atoms with Gasteiger partial charge in [-0.3, -0.25) is 4.79 Å². The molecule has 0 aromatic rings. The molecule has 0 saturated heterocycles. The molecule has 1 atom stereocenters. The lowest BCUT2D eigenvalue weighted by Crippen LogP contribution is -2.10. The van der Waals surface area contributed by atoms with E-state index in [0.29, 0.717) is 6.42 Å². The Bertz CT molecular complexity index is 105. The van der Waals surface area contributed by atoms with Crippen molar-refractivity contribution in [2.24, 2.45) is 0 Å². The summed E-state index contributed by atoms with van der Waals surface area (Å²) in [6.07, 6.45) is 0.593. The first kappa shape index (κ1) is 9.72. The van der Waals surface area contributed by atoms with Gasteiger partial charge in [0.15, 0.2) is 0 Å². The van der Waals surface area contributed by atoms with Crippen LogP contribution in [0.15, 0.2) is 0 Å². The molecule has 0 aliphatic rings. The van der Waals surface area contributed by atoms with Crippen LogP contribution in [-0.2, 0) is 9.53 Å². The van der Waals surface area contributed by atoms with Gasteiger partial charge < -0.3 is 9.84 Å². The van der Waals surface area contributed by atoms with E-state index in [0.717, 1.165) is 0 Å². The van der Waals surface area contributed by atoms with Crippen LogP contribution < -0.4 is 0 Å². The number of hydrogen-bond donors (Lipinski definition) is 1. The second-order valence-corrected chi connectivity index (χ2v) is 2.51. The molecule has 0 radical (unpaired) electrons. The number of halogens is 1. The minimum absolute atomic E-state index is 0.00512. The van der Waals surface area contributed by atoms with Crippen LogP contribution in [0.1, 0.15) is 12.8 Å². The molecular formula is C6H11ClO3. The van der Waals surface area contributed by atoms with Crippen LogP contribution in [0.4, 0.5) is 0 Å². The fraction of sp³-hybridized carbons (Fsp3) is 0.833. The maximum atomic E-state index is 10.5. The highest BCUT2D eigenvalue weighted by Gasteiger charge is 2.09. The molecule has 1 N–H and O–H groups in total. The number of carbonyl (C=O) groups is 1. The lowest BCUT2D eigenvalue weighted by molar-refractivity contribution is -0.140. The van der Waals surface area contributed by atoms with Gasteiger partial charge in [0.25, 0.3) is 0 Å². The van der Waals surface area contributed by atoms with Gasteiger partial charge in [-0.25, -0.2) is 0 Å². The second kappa shape index (κ2) is 5.50. The normalized spacial score (nSPS) is 12.7. The smallest absolute Gasteiger partial charge is 0.307 e. The highest BCUT2D eigenvalue weighted by atomic mass is 35.5. The zero-order valence-electron chi connectivity index (χ0n) is 5.84. The monoisotopic (exact) mass is 166 g/mol. The summed E-state index contributed by atoms with van der Waals surface area (Å²) in [5.74, 6) is -0.339. The summed E-state index contributed by atoms with van der Waals surface area (Å²) < 4.78 is 4.36. The van der Waals surface area contributed by atoms with Crippen LogP contribution in [0.2, 0.25) is 0 Å². The minimum Gasteiger partial charge on any atom is -0.469 e. The van der Waals surface area contributed by atoms with Gasteiger partial charge in [-0.15, -0.1) is 11.6 Å². The Labute approximate surface area is 64.9 Å². The predicted octanol–water partition coefficient (Wildman–Crippen LogP) is 0.539. The molecular weight excluding hydrogens is 156 g/mol. The summed E-state index contributed by atoms with van der Waals surface area (Å²) in [5.41, 5.74) is 0. The first-order valence-corrected chi connectivity index (χ1v) is 3.46. The average Bonchev–Trinajstić information content (AvgIpc) is 1.88. The van der Waals surface area contributed by atoms with Gasteiger partial charge in [-0.1, -0.05) is 0 Å². The van der Waals surface area contributed by atoms with E-state index < -0.39 is 0 Å². The van der Waals surface area contributed by atoms with Gasteiger partial charge in [0.2, 0.25) is 0 Å². The van der Waals surface area contributed by atoms with Gasteiger partial charge in [0.1, 0.15) is 0 Å². The fourth-order valence-corrected chi connectivity index (χ4v) is 0.730. The molecule has 10 heavy (non-hydrogen) atoms. The maximum absolute atomic E-state index is 10.5. The first-order chi connectivity index (χ1) is 4.70. The predicted molar refractivity (Wildman–Crippen MR) is 38.0 cm³/mol. The Morgan fingerprint density at radius 1 is 1.80 bits per heavy atom. The van der Waals surface area contributed by atoms with Crippen molar-refractivity contribution in [1.29, 1.82) is 0 Å². The van der Waals surface area contributed by atoms with Gasteiger partial charge in [0.05, 0.1) is 13.5 Å². The number of hydrogen-bond acceptors (Lipinski definition) is 3. The number of rotatable bonds is 4. The molecule has 0 heterocycles. The van der Waals surface area contributed by atoms with Crippen LogP contribution >= 0.6 is 11.6 Å². The zero-order valence-corrected chi connectivity index (χ0v) is 6.60. The van der Waals surface area contributed by atoms with Crippen molar-refractivity contribution < 1.29 is 14.6 Å². The van der Waals surface area contributed by atoms with E-state index >= 15 is 0 Å². The summed E-state index contributed by atoms with van der Waals surface area (Å²) in [4.78, 5) is 10.5. The quantitative estimate of drug-likeness (QED) is 0.490. The maximum Gasteiger partial charge on any atom is 0.307 e. The molecule has 0 aliphatic heterocycles. The summed E-state index contributed by atoms with van der Waals surface area (Å²) in [7, 11) is 1.31. The number of carbonyl (C=O) groups excluding carboxylic acids is 1. The van der Waals surface area contributed by atoms with Crippen molar-refractivity contribution >= 4 is 17.6 Å². The van der Waals surface area contributed by atoms with Gasteiger partial charge in [-0.05, 0) is 6.42 Å². The van der Waals surface area contributed by atoms with Crippen molar-refractivity contribution in [2.45, 2.75) is 18.2 Å². The lowest BCUT2D eigenvalue weighted by Gasteiger charge is -2.03. The molecule has 0 rings (SSSR count). The summed E-state index contributed by atoms with van der Waals surface area (Å²) >= 11 is 5.59. The molecule has 3 nitrogen and oxygen atoms in total. The third kappa shape index (κ3) is 4.58. The largest absolute Gasteiger partial charge is 0.469 e. The third-order valence-electron chi connectivity index (χ3n) is 1.06. The second-order valence-electron chi connectivity index (χ2n) is 1.89. The number of ether oxygens (including phenoxy) is 1. The van der Waals surface area contributed by atoms with Crippen molar-refractivity contribution in [1.82, 2.24) is 0 Å². The zero-order chi connectivity index (χ0) is 7.98. The Kier molecular flexibility index (Phi) is 5.35. The fourth-order valence-electron chi connectivity index (χ4n) is 0.506. The summed E-state index contributed by atoms with van der Waals surface area (Å²) in [5, 5.41) is 8.08. The minimum atomic E-state index is -0.339. The molecule has 0 saturated carbocycles. The molecule has 60 valence electrons. The van der Waals surface area contributed by atoms with Crippen molar-refractivity contribution in [2.75, 3.05) is 13.7 Å². The Morgan fingerprint density at radius 3 is 2.80 bits per heavy atom. The molecule has 0 amide bonds. The number of alkyl halides is 1. The Balaban J connectivity index is 3.37. The van der Waals surface area contributed by atoms with Gasteiger partial charge in [0, 0.05) is 12.0 Å². The highest BCUT2D eigenvalue weighted by Crippen LogP contribution is 2.06. The average molecular weight is 167 g/mol. The number of esters is 1. The standard InChI is InChI=1S/C6H11ClO3/c1-10-6(9)4-5(7)2-3-8/h5,8H,2-4H2,1H3. The lowest BCUT2D eigenvalue weighted by atomic mass is 10.2. The van der Waals surface area contributed by atoms with E-state index in [1.165, 1.54) is 7.11 Å². The number of methoxy groups -OCH3 is 1. The van der Waals surface area contributed by atoms with E-state index in [4.69, 9.17) is 16.7 Å². The van der Waals surface area contributed by atoms with E-state index in [1.807, 2.05) is 0 Å². The molecule has 0 aromatic heterocycles. The van der Waals surface area contributed by atoms with Crippen molar-refractivity contribution in [3.63, 3.8) is 0 Å². The van der Waals surface area contributed by atoms with E-state index in [1.54, 1.807) is 0 Å². The number of aliphatic hydroxyl groups excluding tert-OH is 1. The van der Waals surface area contributed by atoms with Gasteiger partial charge in [-0.2, -0.15) is 0 Å². The van der Waals surface area contributed by atoms with Crippen LogP contribution in [-0.4, -0.2) is 30.2 Å².